The van der Waals surface area contributed by atoms with Crippen LogP contribution in [-0.4, -0.2) is 60.1 Å². The molecule has 4 rings (SSSR count). The van der Waals surface area contributed by atoms with Crippen molar-refractivity contribution in [2.75, 3.05) is 34.0 Å². The van der Waals surface area contributed by atoms with Crippen LogP contribution < -0.4 is 15.0 Å². The molecule has 0 spiro atoms. The Hall–Kier alpha value is -3.24. The van der Waals surface area contributed by atoms with E-state index < -0.39 is 6.10 Å². The van der Waals surface area contributed by atoms with Crippen molar-refractivity contribution < 1.29 is 19.3 Å². The summed E-state index contributed by atoms with van der Waals surface area (Å²) in [6.07, 6.45) is -0.650. The fourth-order valence-electron chi connectivity index (χ4n) is 4.13. The second-order valence-corrected chi connectivity index (χ2v) is 9.24. The molecule has 2 aromatic heterocycles. The third kappa shape index (κ3) is 6.11. The highest BCUT2D eigenvalue weighted by atomic mass is 32.1. The number of benzene rings is 2. The summed E-state index contributed by atoms with van der Waals surface area (Å²) in [5.41, 5.74) is 2.56. The highest BCUT2D eigenvalue weighted by Gasteiger charge is 2.18. The lowest BCUT2D eigenvalue weighted by Gasteiger charge is -2.24. The number of aliphatic hydroxyl groups excluding tert-OH is 1. The van der Waals surface area contributed by atoms with Gasteiger partial charge in [0.05, 0.1) is 38.9 Å². The van der Waals surface area contributed by atoms with Crippen LogP contribution in [0.4, 0.5) is 0 Å². The maximum Gasteiger partial charge on any atom is 0.260 e. The zero-order valence-electron chi connectivity index (χ0n) is 20.7. The number of fused-ring (bicyclic) bond motifs is 1. The first-order valence-corrected chi connectivity index (χ1v) is 12.6. The average Bonchev–Trinajstić information content (AvgIpc) is 3.32. The topological polar surface area (TPSA) is 96.9 Å². The molecule has 0 aliphatic carbocycles. The van der Waals surface area contributed by atoms with Crippen molar-refractivity contribution in [1.29, 1.82) is 0 Å². The predicted octanol–water partition coefficient (Wildman–Crippen LogP) is 4.07. The second-order valence-electron chi connectivity index (χ2n) is 8.38. The van der Waals surface area contributed by atoms with Gasteiger partial charge < -0.3 is 24.3 Å². The first-order chi connectivity index (χ1) is 17.5. The van der Waals surface area contributed by atoms with Crippen molar-refractivity contribution in [1.82, 2.24) is 14.9 Å². The number of aromatic amines is 1. The lowest BCUT2D eigenvalue weighted by Crippen LogP contribution is -2.35. The molecule has 2 aromatic carbocycles. The Morgan fingerprint density at radius 2 is 1.86 bits per heavy atom. The number of aromatic nitrogens is 2. The van der Waals surface area contributed by atoms with Crippen molar-refractivity contribution >= 4 is 21.6 Å². The number of nitrogens with zero attached hydrogens (tertiary/aromatic N) is 2. The largest absolute Gasteiger partial charge is 0.493 e. The fraction of sp³-hybridized carbons (Fsp3) is 0.333. The number of H-pyrrole nitrogens is 1. The predicted molar refractivity (Wildman–Crippen MR) is 142 cm³/mol. The molecule has 0 bridgehead atoms. The van der Waals surface area contributed by atoms with Gasteiger partial charge >= 0.3 is 0 Å². The average molecular weight is 510 g/mol. The van der Waals surface area contributed by atoms with Crippen LogP contribution in [0.3, 0.4) is 0 Å². The SMILES string of the molecule is CCOCC(O)CN(Cc1ccccc1)Cc1nc2scc(-c3ccc(OC)c(OC)c3)c2c(=O)[nH]1. The smallest absolute Gasteiger partial charge is 0.260 e. The van der Waals surface area contributed by atoms with E-state index in [2.05, 4.69) is 9.88 Å². The molecule has 2 heterocycles. The first-order valence-electron chi connectivity index (χ1n) is 11.8. The molecule has 2 N–H and O–H groups in total. The molecule has 1 atom stereocenters. The number of thiophene rings is 1. The van der Waals surface area contributed by atoms with Crippen molar-refractivity contribution in [3.05, 3.63) is 75.7 Å². The summed E-state index contributed by atoms with van der Waals surface area (Å²) in [4.78, 5) is 23.6. The van der Waals surface area contributed by atoms with Gasteiger partial charge in [-0.05, 0) is 30.2 Å². The lowest BCUT2D eigenvalue weighted by atomic mass is 10.1. The normalized spacial score (nSPS) is 12.2. The molecule has 0 radical (unpaired) electrons. The van der Waals surface area contributed by atoms with E-state index in [4.69, 9.17) is 19.2 Å². The Bertz CT molecular complexity index is 1340. The number of methoxy groups -OCH3 is 2. The zero-order valence-corrected chi connectivity index (χ0v) is 21.5. The molecular weight excluding hydrogens is 478 g/mol. The molecule has 190 valence electrons. The molecule has 4 aromatic rings. The third-order valence-corrected chi connectivity index (χ3v) is 6.67. The number of ether oxygens (including phenoxy) is 3. The van der Waals surface area contributed by atoms with Crippen LogP contribution in [0.25, 0.3) is 21.3 Å². The fourth-order valence-corrected chi connectivity index (χ4v) is 5.09. The Labute approximate surface area is 214 Å². The number of nitrogens with one attached hydrogen (secondary N) is 1. The number of aliphatic hydroxyl groups is 1. The molecule has 36 heavy (non-hydrogen) atoms. The van der Waals surface area contributed by atoms with Gasteiger partial charge in [0, 0.05) is 30.6 Å². The summed E-state index contributed by atoms with van der Waals surface area (Å²) in [7, 11) is 3.17. The van der Waals surface area contributed by atoms with E-state index in [-0.39, 0.29) is 12.2 Å². The third-order valence-electron chi connectivity index (χ3n) is 5.79. The number of hydrogen-bond acceptors (Lipinski definition) is 8. The van der Waals surface area contributed by atoms with E-state index in [1.54, 1.807) is 14.2 Å². The van der Waals surface area contributed by atoms with Gasteiger partial charge in [-0.25, -0.2) is 4.98 Å². The van der Waals surface area contributed by atoms with Crippen LogP contribution in [0.1, 0.15) is 18.3 Å². The van der Waals surface area contributed by atoms with Crippen molar-refractivity contribution in [2.24, 2.45) is 0 Å². The van der Waals surface area contributed by atoms with Gasteiger partial charge in [-0.2, -0.15) is 0 Å². The van der Waals surface area contributed by atoms with Gasteiger partial charge in [-0.15, -0.1) is 11.3 Å². The van der Waals surface area contributed by atoms with Crippen LogP contribution >= 0.6 is 11.3 Å². The molecule has 0 fully saturated rings. The number of hydrogen-bond donors (Lipinski definition) is 2. The van der Waals surface area contributed by atoms with E-state index in [1.165, 1.54) is 11.3 Å². The van der Waals surface area contributed by atoms with Gasteiger partial charge in [0.15, 0.2) is 11.5 Å². The van der Waals surface area contributed by atoms with Crippen LogP contribution in [-0.2, 0) is 17.8 Å². The Morgan fingerprint density at radius 1 is 1.08 bits per heavy atom. The Kier molecular flexibility index (Phi) is 8.71. The van der Waals surface area contributed by atoms with E-state index in [1.807, 2.05) is 60.8 Å². The van der Waals surface area contributed by atoms with Crippen molar-refractivity contribution in [3.8, 4) is 22.6 Å². The maximum absolute atomic E-state index is 13.2. The van der Waals surface area contributed by atoms with Gasteiger partial charge in [0.2, 0.25) is 0 Å². The summed E-state index contributed by atoms with van der Waals surface area (Å²) < 4.78 is 16.1. The second kappa shape index (κ2) is 12.1. The zero-order chi connectivity index (χ0) is 25.5. The van der Waals surface area contributed by atoms with E-state index in [0.717, 1.165) is 16.7 Å². The first kappa shape index (κ1) is 25.8. The van der Waals surface area contributed by atoms with Crippen LogP contribution in [0.15, 0.2) is 58.7 Å². The molecule has 0 aliphatic heterocycles. The molecule has 0 saturated heterocycles. The summed E-state index contributed by atoms with van der Waals surface area (Å²) in [6, 6.07) is 15.6. The van der Waals surface area contributed by atoms with E-state index in [9.17, 15) is 9.90 Å². The summed E-state index contributed by atoms with van der Waals surface area (Å²) >= 11 is 1.43. The summed E-state index contributed by atoms with van der Waals surface area (Å²) in [5.74, 6) is 1.77. The standard InChI is InChI=1S/C27H31N3O5S/c1-4-35-16-20(31)14-30(13-18-8-6-5-7-9-18)15-24-28-26(32)25-21(17-36-27(25)29-24)19-10-11-22(33-2)23(12-19)34-3/h5-12,17,20,31H,4,13-16H2,1-3H3,(H,28,29,32). The monoisotopic (exact) mass is 509 g/mol. The minimum absolute atomic E-state index is 0.199. The number of rotatable bonds is 12. The minimum atomic E-state index is -0.650. The Balaban J connectivity index is 1.62. The van der Waals surface area contributed by atoms with E-state index in [0.29, 0.717) is 53.8 Å². The summed E-state index contributed by atoms with van der Waals surface area (Å²) in [5, 5.41) is 12.9. The Morgan fingerprint density at radius 3 is 2.58 bits per heavy atom. The highest BCUT2D eigenvalue weighted by molar-refractivity contribution is 7.17. The minimum Gasteiger partial charge on any atom is -0.493 e. The van der Waals surface area contributed by atoms with E-state index >= 15 is 0 Å². The van der Waals surface area contributed by atoms with Crippen molar-refractivity contribution in [2.45, 2.75) is 26.1 Å². The van der Waals surface area contributed by atoms with Crippen LogP contribution in [0.2, 0.25) is 0 Å². The summed E-state index contributed by atoms with van der Waals surface area (Å²) in [6.45, 7) is 4.07. The lowest BCUT2D eigenvalue weighted by molar-refractivity contribution is 0.0175. The maximum atomic E-state index is 13.2. The van der Waals surface area contributed by atoms with Crippen molar-refractivity contribution in [3.63, 3.8) is 0 Å². The highest BCUT2D eigenvalue weighted by Crippen LogP contribution is 2.36. The van der Waals surface area contributed by atoms with Gasteiger partial charge in [0.25, 0.3) is 5.56 Å². The molecule has 0 amide bonds. The van der Waals surface area contributed by atoms with Gasteiger partial charge in [-0.1, -0.05) is 36.4 Å². The van der Waals surface area contributed by atoms with Gasteiger partial charge in [-0.3, -0.25) is 9.69 Å². The molecular formula is C27H31N3O5S. The molecule has 0 aliphatic rings. The molecule has 0 saturated carbocycles. The van der Waals surface area contributed by atoms with Crippen LogP contribution in [0.5, 0.6) is 11.5 Å². The van der Waals surface area contributed by atoms with Gasteiger partial charge in [0.1, 0.15) is 10.7 Å². The molecule has 1 unspecified atom stereocenters. The molecule has 9 heteroatoms. The van der Waals surface area contributed by atoms with Crippen LogP contribution in [0, 0.1) is 0 Å². The quantitative estimate of drug-likeness (QED) is 0.297. The molecule has 8 nitrogen and oxygen atoms in total.